The summed E-state index contributed by atoms with van der Waals surface area (Å²) in [7, 11) is 0. The van der Waals surface area contributed by atoms with Gasteiger partial charge in [0.25, 0.3) is 5.91 Å². The van der Waals surface area contributed by atoms with Crippen LogP contribution in [-0.4, -0.2) is 39.8 Å². The highest BCUT2D eigenvalue weighted by Gasteiger charge is 2.21. The molecule has 3 aromatic rings. The van der Waals surface area contributed by atoms with Crippen molar-refractivity contribution in [2.75, 3.05) is 13.1 Å². The number of amides is 1. The van der Waals surface area contributed by atoms with E-state index in [1.807, 2.05) is 48.0 Å². The predicted molar refractivity (Wildman–Crippen MR) is 102 cm³/mol. The fraction of sp³-hybridized carbons (Fsp3) is 0.350. The summed E-state index contributed by atoms with van der Waals surface area (Å²) in [6.07, 6.45) is 3.83. The van der Waals surface area contributed by atoms with Gasteiger partial charge in [0.15, 0.2) is 5.65 Å². The van der Waals surface area contributed by atoms with E-state index < -0.39 is 0 Å². The van der Waals surface area contributed by atoms with Crippen LogP contribution in [0.4, 0.5) is 0 Å². The average molecular weight is 349 g/mol. The highest BCUT2D eigenvalue weighted by Crippen LogP contribution is 2.25. The zero-order chi connectivity index (χ0) is 17.9. The Morgan fingerprint density at radius 3 is 2.92 bits per heavy atom. The molecule has 26 heavy (non-hydrogen) atoms. The van der Waals surface area contributed by atoms with E-state index in [4.69, 9.17) is 4.98 Å². The molecule has 3 heterocycles. The first-order valence-electron chi connectivity index (χ1n) is 9.20. The molecule has 2 aromatic heterocycles. The number of pyridine rings is 1. The monoisotopic (exact) mass is 349 g/mol. The Balaban J connectivity index is 1.76. The number of carbonyl (C=O) groups excluding carboxylic acids is 1. The van der Waals surface area contributed by atoms with Crippen molar-refractivity contribution in [3.05, 3.63) is 48.2 Å². The molecular weight excluding hydrogens is 326 g/mol. The van der Waals surface area contributed by atoms with Gasteiger partial charge in [-0.15, -0.1) is 0 Å². The average Bonchev–Trinajstić information content (AvgIpc) is 3.11. The van der Waals surface area contributed by atoms with E-state index >= 15 is 0 Å². The number of hydrogen-bond donors (Lipinski definition) is 2. The summed E-state index contributed by atoms with van der Waals surface area (Å²) < 4.78 is 1.83. The Kier molecular flexibility index (Phi) is 4.67. The minimum atomic E-state index is -0.0565. The Hall–Kier alpha value is -2.73. The summed E-state index contributed by atoms with van der Waals surface area (Å²) in [5.74, 6) is -0.0565. The quantitative estimate of drug-likeness (QED) is 0.759. The number of nitrogens with one attached hydrogen (secondary N) is 2. The lowest BCUT2D eigenvalue weighted by Gasteiger charge is -2.24. The van der Waals surface area contributed by atoms with E-state index in [0.29, 0.717) is 12.1 Å². The van der Waals surface area contributed by atoms with Gasteiger partial charge in [0.05, 0.1) is 22.8 Å². The molecule has 6 heteroatoms. The van der Waals surface area contributed by atoms with Crippen molar-refractivity contribution in [3.63, 3.8) is 0 Å². The second-order valence-corrected chi connectivity index (χ2v) is 6.64. The molecule has 2 N–H and O–H groups in total. The van der Waals surface area contributed by atoms with Gasteiger partial charge in [0, 0.05) is 24.7 Å². The van der Waals surface area contributed by atoms with Crippen molar-refractivity contribution in [2.24, 2.45) is 0 Å². The lowest BCUT2D eigenvalue weighted by Crippen LogP contribution is -2.45. The van der Waals surface area contributed by atoms with Crippen molar-refractivity contribution >= 4 is 16.9 Å². The number of rotatable bonds is 4. The van der Waals surface area contributed by atoms with Crippen LogP contribution in [0.3, 0.4) is 0 Å². The number of hydrogen-bond acceptors (Lipinski definition) is 4. The highest BCUT2D eigenvalue weighted by molar-refractivity contribution is 6.06. The number of benzene rings is 1. The standard InChI is InChI=1S/C20H23N5O/c1-2-25-19-17(13-22-25)16(20(26)23-15-9-6-10-21-12-15)11-18(24-19)14-7-4-3-5-8-14/h3-5,7-8,11,13,15,21H,2,6,9-10,12H2,1H3,(H,23,26). The number of fused-ring (bicyclic) bond motifs is 1. The molecule has 0 radical (unpaired) electrons. The van der Waals surface area contributed by atoms with E-state index in [-0.39, 0.29) is 11.9 Å². The van der Waals surface area contributed by atoms with E-state index in [1.165, 1.54) is 0 Å². The zero-order valence-electron chi connectivity index (χ0n) is 14.9. The summed E-state index contributed by atoms with van der Waals surface area (Å²) in [5.41, 5.74) is 3.17. The van der Waals surface area contributed by atoms with E-state index in [9.17, 15) is 4.79 Å². The SMILES string of the molecule is CCn1ncc2c(C(=O)NC3CCCNC3)cc(-c3ccccc3)nc21. The summed E-state index contributed by atoms with van der Waals surface area (Å²) in [5, 5.41) is 11.7. The summed E-state index contributed by atoms with van der Waals surface area (Å²) in [4.78, 5) is 17.8. The molecule has 134 valence electrons. The first-order chi connectivity index (χ1) is 12.8. The lowest BCUT2D eigenvalue weighted by atomic mass is 10.0. The number of piperidine rings is 1. The van der Waals surface area contributed by atoms with Gasteiger partial charge in [-0.25, -0.2) is 9.67 Å². The molecule has 0 spiro atoms. The second-order valence-electron chi connectivity index (χ2n) is 6.64. The van der Waals surface area contributed by atoms with Crippen LogP contribution in [0.1, 0.15) is 30.1 Å². The van der Waals surface area contributed by atoms with Gasteiger partial charge in [-0.05, 0) is 32.4 Å². The van der Waals surface area contributed by atoms with Gasteiger partial charge in [0.2, 0.25) is 0 Å². The molecule has 1 fully saturated rings. The number of carbonyl (C=O) groups is 1. The molecule has 1 amide bonds. The second kappa shape index (κ2) is 7.25. The van der Waals surface area contributed by atoms with Crippen LogP contribution in [-0.2, 0) is 6.54 Å². The fourth-order valence-electron chi connectivity index (χ4n) is 3.46. The van der Waals surface area contributed by atoms with E-state index in [0.717, 1.165) is 48.2 Å². The molecule has 6 nitrogen and oxygen atoms in total. The van der Waals surface area contributed by atoms with Gasteiger partial charge in [0.1, 0.15) is 0 Å². The van der Waals surface area contributed by atoms with Crippen LogP contribution in [0.15, 0.2) is 42.6 Å². The maximum absolute atomic E-state index is 13.0. The summed E-state index contributed by atoms with van der Waals surface area (Å²) in [6.45, 7) is 4.58. The third-order valence-corrected chi connectivity index (χ3v) is 4.86. The third kappa shape index (κ3) is 3.20. The molecule has 1 aromatic carbocycles. The first-order valence-corrected chi connectivity index (χ1v) is 9.20. The molecule has 0 bridgehead atoms. The number of nitrogens with zero attached hydrogens (tertiary/aromatic N) is 3. The number of aromatic nitrogens is 3. The lowest BCUT2D eigenvalue weighted by molar-refractivity contribution is 0.0932. The van der Waals surface area contributed by atoms with Crippen LogP contribution < -0.4 is 10.6 Å². The number of aryl methyl sites for hydroxylation is 1. The Labute approximate surface area is 152 Å². The van der Waals surface area contributed by atoms with Crippen LogP contribution in [0.2, 0.25) is 0 Å². The van der Waals surface area contributed by atoms with E-state index in [1.54, 1.807) is 6.20 Å². The van der Waals surface area contributed by atoms with Crippen molar-refractivity contribution in [1.29, 1.82) is 0 Å². The van der Waals surface area contributed by atoms with Crippen molar-refractivity contribution < 1.29 is 4.79 Å². The topological polar surface area (TPSA) is 71.8 Å². The largest absolute Gasteiger partial charge is 0.348 e. The Bertz CT molecular complexity index is 913. The minimum Gasteiger partial charge on any atom is -0.348 e. The summed E-state index contributed by atoms with van der Waals surface area (Å²) in [6, 6.07) is 12.0. The maximum atomic E-state index is 13.0. The van der Waals surface area contributed by atoms with E-state index in [2.05, 4.69) is 15.7 Å². The third-order valence-electron chi connectivity index (χ3n) is 4.86. The first kappa shape index (κ1) is 16.7. The maximum Gasteiger partial charge on any atom is 0.252 e. The van der Waals surface area contributed by atoms with Crippen molar-refractivity contribution in [1.82, 2.24) is 25.4 Å². The normalized spacial score (nSPS) is 17.3. The molecular formula is C20H23N5O. The van der Waals surface area contributed by atoms with Gasteiger partial charge in [-0.3, -0.25) is 4.79 Å². The molecule has 1 atom stereocenters. The predicted octanol–water partition coefficient (Wildman–Crippen LogP) is 2.60. The molecule has 0 aliphatic carbocycles. The van der Waals surface area contributed by atoms with Crippen LogP contribution in [0.5, 0.6) is 0 Å². The molecule has 1 unspecified atom stereocenters. The molecule has 1 aliphatic rings. The fourth-order valence-corrected chi connectivity index (χ4v) is 3.46. The van der Waals surface area contributed by atoms with Crippen molar-refractivity contribution in [3.8, 4) is 11.3 Å². The zero-order valence-corrected chi connectivity index (χ0v) is 14.9. The highest BCUT2D eigenvalue weighted by atomic mass is 16.1. The van der Waals surface area contributed by atoms with Gasteiger partial charge < -0.3 is 10.6 Å². The van der Waals surface area contributed by atoms with Gasteiger partial charge in [-0.1, -0.05) is 30.3 Å². The Morgan fingerprint density at radius 1 is 1.35 bits per heavy atom. The molecule has 4 rings (SSSR count). The van der Waals surface area contributed by atoms with Crippen molar-refractivity contribution in [2.45, 2.75) is 32.4 Å². The Morgan fingerprint density at radius 2 is 2.19 bits per heavy atom. The summed E-state index contributed by atoms with van der Waals surface area (Å²) >= 11 is 0. The van der Waals surface area contributed by atoms with Crippen LogP contribution in [0, 0.1) is 0 Å². The van der Waals surface area contributed by atoms with Crippen LogP contribution >= 0.6 is 0 Å². The van der Waals surface area contributed by atoms with Gasteiger partial charge in [-0.2, -0.15) is 5.10 Å². The smallest absolute Gasteiger partial charge is 0.252 e. The molecule has 1 aliphatic heterocycles. The minimum absolute atomic E-state index is 0.0565. The molecule has 0 saturated carbocycles. The van der Waals surface area contributed by atoms with Crippen LogP contribution in [0.25, 0.3) is 22.3 Å². The molecule has 1 saturated heterocycles. The van der Waals surface area contributed by atoms with Gasteiger partial charge >= 0.3 is 0 Å².